The van der Waals surface area contributed by atoms with E-state index in [0.29, 0.717) is 12.8 Å². The lowest BCUT2D eigenvalue weighted by Gasteiger charge is -2.42. The molecule has 2 atom stereocenters. The monoisotopic (exact) mass is 402 g/mol. The molecule has 1 heterocycles. The summed E-state index contributed by atoms with van der Waals surface area (Å²) in [4.78, 5) is 24.2. The van der Waals surface area contributed by atoms with Crippen molar-refractivity contribution in [1.82, 2.24) is 0 Å². The van der Waals surface area contributed by atoms with Gasteiger partial charge in [-0.3, -0.25) is 9.05 Å². The lowest BCUT2D eigenvalue weighted by Crippen LogP contribution is -2.41. The van der Waals surface area contributed by atoms with E-state index in [1.807, 2.05) is 13.8 Å². The van der Waals surface area contributed by atoms with Gasteiger partial charge in [-0.15, -0.1) is 0 Å². The molecule has 1 aliphatic carbocycles. The minimum absolute atomic E-state index is 0.121. The minimum atomic E-state index is -3.88. The number of hydrogen-bond donors (Lipinski definition) is 0. The molecule has 8 nitrogen and oxygen atoms in total. The first-order valence-corrected chi connectivity index (χ1v) is 10.4. The van der Waals surface area contributed by atoms with E-state index >= 15 is 0 Å². The van der Waals surface area contributed by atoms with E-state index in [2.05, 4.69) is 0 Å². The zero-order valence-electron chi connectivity index (χ0n) is 16.4. The second-order valence-corrected chi connectivity index (χ2v) is 8.52. The number of phosphoric ester groups is 1. The van der Waals surface area contributed by atoms with Crippen LogP contribution in [0.3, 0.4) is 0 Å². The highest BCUT2D eigenvalue weighted by atomic mass is 31.2. The summed E-state index contributed by atoms with van der Waals surface area (Å²) >= 11 is 0. The van der Waals surface area contributed by atoms with Gasteiger partial charge in [0.1, 0.15) is 11.9 Å². The highest BCUT2D eigenvalue weighted by Gasteiger charge is 2.49. The van der Waals surface area contributed by atoms with E-state index in [-0.39, 0.29) is 24.5 Å². The Morgan fingerprint density at radius 3 is 2.41 bits per heavy atom. The number of cyclic esters (lactones) is 1. The maximum absolute atomic E-state index is 12.8. The van der Waals surface area contributed by atoms with Crippen LogP contribution in [0.25, 0.3) is 0 Å². The molecule has 27 heavy (non-hydrogen) atoms. The summed E-state index contributed by atoms with van der Waals surface area (Å²) in [7, 11) is -2.62. The first-order chi connectivity index (χ1) is 12.7. The van der Waals surface area contributed by atoms with Gasteiger partial charge in [0.05, 0.1) is 25.9 Å². The van der Waals surface area contributed by atoms with E-state index in [4.69, 9.17) is 23.0 Å². The van der Waals surface area contributed by atoms with Crippen LogP contribution in [0.5, 0.6) is 0 Å². The Kier molecular flexibility index (Phi) is 6.89. The first kappa shape index (κ1) is 21.7. The van der Waals surface area contributed by atoms with E-state index in [1.54, 1.807) is 19.9 Å². The van der Waals surface area contributed by atoms with Gasteiger partial charge in [0.2, 0.25) is 0 Å². The summed E-state index contributed by atoms with van der Waals surface area (Å²) in [5, 5.41) is 0. The highest BCUT2D eigenvalue weighted by Crippen LogP contribution is 2.56. The van der Waals surface area contributed by atoms with Crippen LogP contribution in [0.1, 0.15) is 40.5 Å². The zero-order chi connectivity index (χ0) is 20.2. The van der Waals surface area contributed by atoms with E-state index in [9.17, 15) is 14.2 Å². The molecule has 0 saturated heterocycles. The van der Waals surface area contributed by atoms with E-state index < -0.39 is 37.2 Å². The number of carbonyl (C=O) groups is 2. The Balaban J connectivity index is 2.51. The number of methoxy groups -OCH3 is 1. The number of hydrogen-bond acceptors (Lipinski definition) is 8. The Hall–Kier alpha value is -1.63. The summed E-state index contributed by atoms with van der Waals surface area (Å²) in [6, 6.07) is 0. The van der Waals surface area contributed by atoms with Gasteiger partial charge >= 0.3 is 19.8 Å². The molecule has 0 aromatic carbocycles. The quantitative estimate of drug-likeness (QED) is 0.449. The number of rotatable bonds is 8. The number of esters is 2. The Morgan fingerprint density at radius 1 is 1.30 bits per heavy atom. The molecule has 152 valence electrons. The average Bonchev–Trinajstić information content (AvgIpc) is 3.01. The van der Waals surface area contributed by atoms with Crippen LogP contribution in [0.4, 0.5) is 0 Å². The SMILES string of the molecule is CCOP(=O)(OCC)OC1=C(C(=O)OC)C(C2C=CC(=O)O2)C(C)(C)CC1. The molecular weight excluding hydrogens is 375 g/mol. The molecule has 0 aromatic rings. The fourth-order valence-corrected chi connectivity index (χ4v) is 4.72. The molecule has 2 rings (SSSR count). The van der Waals surface area contributed by atoms with Crippen molar-refractivity contribution < 1.29 is 37.2 Å². The van der Waals surface area contributed by atoms with Crippen molar-refractivity contribution in [2.75, 3.05) is 20.3 Å². The maximum Gasteiger partial charge on any atom is 0.529 e. The predicted molar refractivity (Wildman–Crippen MR) is 96.5 cm³/mol. The molecule has 2 aliphatic rings. The van der Waals surface area contributed by atoms with Crippen LogP contribution < -0.4 is 0 Å². The normalized spacial score (nSPS) is 24.7. The second kappa shape index (κ2) is 8.59. The molecule has 0 spiro atoms. The van der Waals surface area contributed by atoms with Crippen molar-refractivity contribution in [1.29, 1.82) is 0 Å². The van der Waals surface area contributed by atoms with Crippen LogP contribution >= 0.6 is 7.82 Å². The van der Waals surface area contributed by atoms with Crippen molar-refractivity contribution in [3.63, 3.8) is 0 Å². The third-order valence-corrected chi connectivity index (χ3v) is 6.25. The summed E-state index contributed by atoms with van der Waals surface area (Å²) in [5.41, 5.74) is -0.199. The third-order valence-electron chi connectivity index (χ3n) is 4.65. The fraction of sp³-hybridized carbons (Fsp3) is 0.667. The molecule has 0 amide bonds. The number of allylic oxidation sites excluding steroid dienone is 1. The Labute approximate surface area is 159 Å². The van der Waals surface area contributed by atoms with Crippen molar-refractivity contribution in [3.8, 4) is 0 Å². The second-order valence-electron chi connectivity index (χ2n) is 6.93. The first-order valence-electron chi connectivity index (χ1n) is 8.96. The summed E-state index contributed by atoms with van der Waals surface area (Å²) in [6.45, 7) is 7.52. The molecular formula is C18H27O8P. The summed E-state index contributed by atoms with van der Waals surface area (Å²) in [5.74, 6) is -1.43. The molecule has 0 radical (unpaired) electrons. The van der Waals surface area contributed by atoms with Crippen molar-refractivity contribution in [3.05, 3.63) is 23.5 Å². The molecule has 0 saturated carbocycles. The molecule has 0 N–H and O–H groups in total. The van der Waals surface area contributed by atoms with Gasteiger partial charge in [-0.1, -0.05) is 13.8 Å². The fourth-order valence-electron chi connectivity index (χ4n) is 3.45. The molecule has 2 unspecified atom stereocenters. The van der Waals surface area contributed by atoms with Crippen LogP contribution in [0.2, 0.25) is 0 Å². The summed E-state index contributed by atoms with van der Waals surface area (Å²) < 4.78 is 39.1. The van der Waals surface area contributed by atoms with Crippen molar-refractivity contribution in [2.24, 2.45) is 11.3 Å². The molecule has 1 aliphatic heterocycles. The van der Waals surface area contributed by atoms with Gasteiger partial charge in [0, 0.05) is 18.4 Å². The lowest BCUT2D eigenvalue weighted by atomic mass is 9.65. The molecule has 0 fully saturated rings. The molecule has 0 aromatic heterocycles. The van der Waals surface area contributed by atoms with Crippen LogP contribution in [0, 0.1) is 11.3 Å². The zero-order valence-corrected chi connectivity index (χ0v) is 17.2. The number of phosphoric acid groups is 1. The van der Waals surface area contributed by atoms with Crippen LogP contribution in [-0.4, -0.2) is 38.4 Å². The largest absolute Gasteiger partial charge is 0.529 e. The van der Waals surface area contributed by atoms with Crippen molar-refractivity contribution in [2.45, 2.75) is 46.6 Å². The topological polar surface area (TPSA) is 97.4 Å². The van der Waals surface area contributed by atoms with Gasteiger partial charge in [-0.25, -0.2) is 14.2 Å². The van der Waals surface area contributed by atoms with Crippen LogP contribution in [-0.2, 0) is 37.2 Å². The van der Waals surface area contributed by atoms with E-state index in [1.165, 1.54) is 13.2 Å². The number of carbonyl (C=O) groups excluding carboxylic acids is 2. The number of ether oxygens (including phenoxy) is 2. The maximum atomic E-state index is 12.8. The van der Waals surface area contributed by atoms with Gasteiger partial charge in [0.15, 0.2) is 0 Å². The summed E-state index contributed by atoms with van der Waals surface area (Å²) in [6.07, 6.45) is 3.27. The Bertz CT molecular complexity index is 683. The Morgan fingerprint density at radius 2 is 1.93 bits per heavy atom. The standard InChI is InChI=1S/C18H27O8P/c1-6-23-27(21,24-7-2)26-12-10-11-18(3,4)16(15(12)17(20)22-5)13-8-9-14(19)25-13/h8-9,13,16H,6-7,10-11H2,1-5H3. The molecule has 9 heteroatoms. The molecule has 0 bridgehead atoms. The smallest absolute Gasteiger partial charge is 0.466 e. The van der Waals surface area contributed by atoms with E-state index in [0.717, 1.165) is 0 Å². The van der Waals surface area contributed by atoms with Gasteiger partial charge < -0.3 is 14.0 Å². The average molecular weight is 402 g/mol. The third kappa shape index (κ3) is 4.81. The predicted octanol–water partition coefficient (Wildman–Crippen LogP) is 3.53. The van der Waals surface area contributed by atoms with Gasteiger partial charge in [0.25, 0.3) is 0 Å². The van der Waals surface area contributed by atoms with Crippen LogP contribution in [0.15, 0.2) is 23.5 Å². The van der Waals surface area contributed by atoms with Gasteiger partial charge in [-0.2, -0.15) is 0 Å². The highest BCUT2D eigenvalue weighted by molar-refractivity contribution is 7.48. The van der Waals surface area contributed by atoms with Crippen molar-refractivity contribution >= 4 is 19.8 Å². The minimum Gasteiger partial charge on any atom is -0.466 e. The lowest BCUT2D eigenvalue weighted by molar-refractivity contribution is -0.145. The van der Waals surface area contributed by atoms with Gasteiger partial charge in [-0.05, 0) is 31.8 Å².